The van der Waals surface area contributed by atoms with Crippen molar-refractivity contribution in [2.45, 2.75) is 31.2 Å². The van der Waals surface area contributed by atoms with Crippen LogP contribution >= 0.6 is 0 Å². The molecule has 2 N–H and O–H groups in total. The summed E-state index contributed by atoms with van der Waals surface area (Å²) in [6.45, 7) is 4.65. The Bertz CT molecular complexity index is 748. The minimum Gasteiger partial charge on any atom is -0.383 e. The number of nitrogens with one attached hydrogen (secondary N) is 2. The number of hydrogen-bond donors (Lipinski definition) is 2. The third-order valence-corrected chi connectivity index (χ3v) is 5.80. The molecule has 2 rings (SSSR count). The molecule has 144 valence electrons. The maximum Gasteiger partial charge on any atom is 0.240 e. The van der Waals surface area contributed by atoms with Crippen LogP contribution in [0.4, 0.5) is 5.69 Å². The van der Waals surface area contributed by atoms with Crippen molar-refractivity contribution in [3.05, 3.63) is 24.3 Å². The van der Waals surface area contributed by atoms with E-state index in [9.17, 15) is 18.0 Å². The lowest BCUT2D eigenvalue weighted by Gasteiger charge is -2.23. The number of anilines is 1. The van der Waals surface area contributed by atoms with Crippen LogP contribution in [0, 0.1) is 5.92 Å². The zero-order valence-electron chi connectivity index (χ0n) is 15.2. The van der Waals surface area contributed by atoms with Gasteiger partial charge in [0.05, 0.1) is 23.5 Å². The number of ether oxygens (including phenoxy) is 1. The molecule has 1 aliphatic rings. The molecule has 1 aliphatic heterocycles. The third kappa shape index (κ3) is 4.80. The molecule has 1 heterocycles. The predicted molar refractivity (Wildman–Crippen MR) is 97.1 cm³/mol. The van der Waals surface area contributed by atoms with Crippen LogP contribution in [0.2, 0.25) is 0 Å². The fourth-order valence-electron chi connectivity index (χ4n) is 2.90. The van der Waals surface area contributed by atoms with Gasteiger partial charge in [-0.3, -0.25) is 9.59 Å². The molecule has 1 saturated heterocycles. The van der Waals surface area contributed by atoms with E-state index in [1.54, 1.807) is 18.9 Å². The van der Waals surface area contributed by atoms with Crippen molar-refractivity contribution in [1.82, 2.24) is 9.62 Å². The quantitative estimate of drug-likeness (QED) is 0.691. The molecule has 0 saturated carbocycles. The molecule has 26 heavy (non-hydrogen) atoms. The Kier molecular flexibility index (Phi) is 6.74. The van der Waals surface area contributed by atoms with Crippen LogP contribution in [0.3, 0.4) is 0 Å². The average molecular weight is 383 g/mol. The highest BCUT2D eigenvalue weighted by Gasteiger charge is 2.36. The summed E-state index contributed by atoms with van der Waals surface area (Å²) >= 11 is 0. The number of likely N-dealkylation sites (tertiary alicyclic amines) is 1. The third-order valence-electron chi connectivity index (χ3n) is 4.24. The normalized spacial score (nSPS) is 18.8. The summed E-state index contributed by atoms with van der Waals surface area (Å²) in [4.78, 5) is 26.3. The number of carbonyl (C=O) groups excluding carboxylic acids is 2. The summed E-state index contributed by atoms with van der Waals surface area (Å²) in [7, 11) is -1.96. The summed E-state index contributed by atoms with van der Waals surface area (Å²) in [5, 5.41) is 2.74. The minimum absolute atomic E-state index is 0.0678. The number of rotatable bonds is 8. The van der Waals surface area contributed by atoms with Gasteiger partial charge in [0, 0.05) is 32.3 Å². The van der Waals surface area contributed by atoms with Gasteiger partial charge in [-0.2, -0.15) is 0 Å². The van der Waals surface area contributed by atoms with Crippen molar-refractivity contribution < 1.29 is 22.7 Å². The predicted octanol–water partition coefficient (Wildman–Crippen LogP) is 0.807. The second-order valence-electron chi connectivity index (χ2n) is 6.27. The molecule has 1 aromatic rings. The summed E-state index contributed by atoms with van der Waals surface area (Å²) in [5.74, 6) is -0.762. The van der Waals surface area contributed by atoms with Crippen molar-refractivity contribution >= 4 is 27.5 Å². The van der Waals surface area contributed by atoms with Gasteiger partial charge in [0.1, 0.15) is 0 Å². The maximum absolute atomic E-state index is 12.4. The summed E-state index contributed by atoms with van der Waals surface area (Å²) in [5.41, 5.74) is 0.487. The Hall–Kier alpha value is -1.97. The molecule has 0 aliphatic carbocycles. The average Bonchev–Trinajstić information content (AvgIpc) is 2.97. The molecule has 1 fully saturated rings. The van der Waals surface area contributed by atoms with Crippen molar-refractivity contribution in [2.24, 2.45) is 5.92 Å². The Morgan fingerprint density at radius 2 is 2.00 bits per heavy atom. The van der Waals surface area contributed by atoms with Crippen LogP contribution in [0.25, 0.3) is 0 Å². The number of amides is 2. The van der Waals surface area contributed by atoms with E-state index in [0.717, 1.165) is 0 Å². The van der Waals surface area contributed by atoms with E-state index in [2.05, 4.69) is 10.0 Å². The molecule has 9 heteroatoms. The number of carbonyl (C=O) groups is 2. The van der Waals surface area contributed by atoms with E-state index >= 15 is 0 Å². The monoisotopic (exact) mass is 383 g/mol. The first-order valence-corrected chi connectivity index (χ1v) is 9.95. The van der Waals surface area contributed by atoms with E-state index < -0.39 is 15.9 Å². The first kappa shape index (κ1) is 20.3. The molecule has 0 radical (unpaired) electrons. The number of methoxy groups -OCH3 is 1. The standard InChI is InChI=1S/C17H25N3O5S/c1-4-18-26(23,24)15-7-5-14(6-8-15)19-17(22)13-9-16(21)20(10-13)12(2)11-25-3/h5-8,12-13,18H,4,9-11H2,1-3H3,(H,19,22)/t12-,13-/m1/s1. The van der Waals surface area contributed by atoms with Crippen LogP contribution < -0.4 is 10.0 Å². The summed E-state index contributed by atoms with van der Waals surface area (Å²) in [6.07, 6.45) is 0.159. The lowest BCUT2D eigenvalue weighted by Crippen LogP contribution is -2.38. The molecule has 2 atom stereocenters. The van der Waals surface area contributed by atoms with Gasteiger partial charge in [0.2, 0.25) is 21.8 Å². The Morgan fingerprint density at radius 1 is 1.35 bits per heavy atom. The summed E-state index contributed by atoms with van der Waals surface area (Å²) < 4.78 is 31.3. The zero-order chi connectivity index (χ0) is 19.3. The Labute approximate surface area is 153 Å². The lowest BCUT2D eigenvalue weighted by atomic mass is 10.1. The molecule has 0 bridgehead atoms. The highest BCUT2D eigenvalue weighted by Crippen LogP contribution is 2.22. The van der Waals surface area contributed by atoms with E-state index in [1.165, 1.54) is 24.3 Å². The fraction of sp³-hybridized carbons (Fsp3) is 0.529. The molecule has 8 nitrogen and oxygen atoms in total. The second kappa shape index (κ2) is 8.61. The molecule has 0 spiro atoms. The Morgan fingerprint density at radius 3 is 2.58 bits per heavy atom. The first-order valence-electron chi connectivity index (χ1n) is 8.47. The van der Waals surface area contributed by atoms with E-state index in [4.69, 9.17) is 4.74 Å². The highest BCUT2D eigenvalue weighted by molar-refractivity contribution is 7.89. The topological polar surface area (TPSA) is 105 Å². The van der Waals surface area contributed by atoms with Gasteiger partial charge < -0.3 is 15.0 Å². The minimum atomic E-state index is -3.53. The van der Waals surface area contributed by atoms with Crippen LogP contribution in [0.5, 0.6) is 0 Å². The first-order chi connectivity index (χ1) is 12.3. The van der Waals surface area contributed by atoms with Crippen LogP contribution in [0.15, 0.2) is 29.2 Å². The maximum atomic E-state index is 12.4. The largest absolute Gasteiger partial charge is 0.383 e. The second-order valence-corrected chi connectivity index (χ2v) is 8.03. The van der Waals surface area contributed by atoms with Gasteiger partial charge in [-0.25, -0.2) is 13.1 Å². The van der Waals surface area contributed by atoms with Crippen LogP contribution in [0.1, 0.15) is 20.3 Å². The molecule has 2 amide bonds. The van der Waals surface area contributed by atoms with Gasteiger partial charge in [-0.1, -0.05) is 6.92 Å². The van der Waals surface area contributed by atoms with Gasteiger partial charge in [-0.05, 0) is 31.2 Å². The smallest absolute Gasteiger partial charge is 0.240 e. The highest BCUT2D eigenvalue weighted by atomic mass is 32.2. The van der Waals surface area contributed by atoms with Crippen molar-refractivity contribution in [3.63, 3.8) is 0 Å². The number of benzene rings is 1. The fourth-order valence-corrected chi connectivity index (χ4v) is 3.94. The van der Waals surface area contributed by atoms with E-state index in [1.807, 2.05) is 6.92 Å². The van der Waals surface area contributed by atoms with Crippen LogP contribution in [-0.2, 0) is 24.3 Å². The SMILES string of the molecule is CCNS(=O)(=O)c1ccc(NC(=O)[C@@H]2CC(=O)N([C@H](C)COC)C2)cc1. The Balaban J connectivity index is 1.99. The van der Waals surface area contributed by atoms with Gasteiger partial charge in [0.25, 0.3) is 0 Å². The van der Waals surface area contributed by atoms with Crippen LogP contribution in [-0.4, -0.2) is 58.0 Å². The van der Waals surface area contributed by atoms with E-state index in [-0.39, 0.29) is 29.2 Å². The molecule has 0 unspecified atom stereocenters. The molecule has 0 aromatic heterocycles. The van der Waals surface area contributed by atoms with E-state index in [0.29, 0.717) is 25.4 Å². The van der Waals surface area contributed by atoms with Gasteiger partial charge in [0.15, 0.2) is 0 Å². The molecule has 1 aromatic carbocycles. The molecular weight excluding hydrogens is 358 g/mol. The number of sulfonamides is 1. The van der Waals surface area contributed by atoms with Gasteiger partial charge in [-0.15, -0.1) is 0 Å². The van der Waals surface area contributed by atoms with Crippen molar-refractivity contribution in [2.75, 3.05) is 32.1 Å². The molecular formula is C17H25N3O5S. The lowest BCUT2D eigenvalue weighted by molar-refractivity contribution is -0.130. The van der Waals surface area contributed by atoms with Gasteiger partial charge >= 0.3 is 0 Å². The summed E-state index contributed by atoms with van der Waals surface area (Å²) in [6, 6.07) is 5.84. The number of hydrogen-bond acceptors (Lipinski definition) is 5. The van der Waals surface area contributed by atoms with Crippen molar-refractivity contribution in [1.29, 1.82) is 0 Å². The van der Waals surface area contributed by atoms with Crippen molar-refractivity contribution in [3.8, 4) is 0 Å². The number of nitrogens with zero attached hydrogens (tertiary/aromatic N) is 1. The zero-order valence-corrected chi connectivity index (χ0v) is 16.0.